The Morgan fingerprint density at radius 3 is 2.54 bits per heavy atom. The number of ether oxygens (including phenoxy) is 1. The minimum absolute atomic E-state index is 0.0924. The molecule has 5 nitrogen and oxygen atoms in total. The van der Waals surface area contributed by atoms with Crippen LogP contribution in [0.25, 0.3) is 0 Å². The Bertz CT molecular complexity index is 1000. The maximum Gasteiger partial charge on any atom is 0.275 e. The van der Waals surface area contributed by atoms with E-state index in [0.29, 0.717) is 12.4 Å². The quantitative estimate of drug-likeness (QED) is 0.356. The Morgan fingerprint density at radius 1 is 1.07 bits per heavy atom. The molecular weight excluding hydrogens is 488 g/mol. The van der Waals surface area contributed by atoms with Gasteiger partial charge in [0.05, 0.1) is 16.3 Å². The van der Waals surface area contributed by atoms with Crippen molar-refractivity contribution in [2.45, 2.75) is 6.61 Å². The number of phenols is 1. The van der Waals surface area contributed by atoms with Crippen molar-refractivity contribution in [3.8, 4) is 11.5 Å². The maximum atomic E-state index is 12.0. The number of benzene rings is 3. The van der Waals surface area contributed by atoms with Crippen LogP contribution in [0.1, 0.15) is 21.5 Å². The first-order chi connectivity index (χ1) is 13.5. The van der Waals surface area contributed by atoms with Crippen LogP contribution < -0.4 is 10.2 Å². The summed E-state index contributed by atoms with van der Waals surface area (Å²) in [6.07, 6.45) is 1.52. The van der Waals surface area contributed by atoms with Crippen molar-refractivity contribution >= 4 is 44.0 Å². The van der Waals surface area contributed by atoms with Crippen molar-refractivity contribution in [3.05, 3.63) is 92.4 Å². The predicted octanol–water partition coefficient (Wildman–Crippen LogP) is 5.26. The molecular formula is C21H16Br2N2O3. The van der Waals surface area contributed by atoms with Crippen LogP contribution in [-0.2, 0) is 6.61 Å². The third-order valence-corrected chi connectivity index (χ3v) is 4.94. The molecule has 0 radical (unpaired) electrons. The van der Waals surface area contributed by atoms with Crippen LogP contribution in [-0.4, -0.2) is 17.2 Å². The molecule has 0 bridgehead atoms. The molecule has 0 fully saturated rings. The van der Waals surface area contributed by atoms with Crippen molar-refractivity contribution < 1.29 is 14.6 Å². The zero-order chi connectivity index (χ0) is 19.9. The summed E-state index contributed by atoms with van der Waals surface area (Å²) >= 11 is 6.89. The fraction of sp³-hybridized carbons (Fsp3) is 0.0476. The fourth-order valence-electron chi connectivity index (χ4n) is 2.35. The van der Waals surface area contributed by atoms with E-state index in [9.17, 15) is 9.90 Å². The van der Waals surface area contributed by atoms with Crippen LogP contribution >= 0.6 is 31.9 Å². The second kappa shape index (κ2) is 9.52. The van der Waals surface area contributed by atoms with Gasteiger partial charge in [-0.25, -0.2) is 5.43 Å². The van der Waals surface area contributed by atoms with Gasteiger partial charge in [0.1, 0.15) is 18.1 Å². The van der Waals surface area contributed by atoms with E-state index in [0.717, 1.165) is 20.1 Å². The van der Waals surface area contributed by atoms with E-state index in [2.05, 4.69) is 42.4 Å². The predicted molar refractivity (Wildman–Crippen MR) is 116 cm³/mol. The van der Waals surface area contributed by atoms with Crippen LogP contribution in [0.3, 0.4) is 0 Å². The highest BCUT2D eigenvalue weighted by Gasteiger charge is 2.08. The molecule has 0 aliphatic heterocycles. The van der Waals surface area contributed by atoms with Gasteiger partial charge in [-0.2, -0.15) is 5.10 Å². The molecule has 3 aromatic rings. The molecule has 0 atom stereocenters. The van der Waals surface area contributed by atoms with Gasteiger partial charge in [0.15, 0.2) is 0 Å². The van der Waals surface area contributed by atoms with Gasteiger partial charge in [-0.15, -0.1) is 0 Å². The number of nitrogens with zero attached hydrogens (tertiary/aromatic N) is 1. The molecule has 0 unspecified atom stereocenters. The van der Waals surface area contributed by atoms with Crippen LogP contribution in [0.4, 0.5) is 0 Å². The van der Waals surface area contributed by atoms with Crippen LogP contribution in [0, 0.1) is 0 Å². The molecule has 7 heteroatoms. The summed E-state index contributed by atoms with van der Waals surface area (Å²) < 4.78 is 7.63. The van der Waals surface area contributed by atoms with E-state index < -0.39 is 5.91 Å². The molecule has 0 heterocycles. The normalized spacial score (nSPS) is 10.8. The highest BCUT2D eigenvalue weighted by Crippen LogP contribution is 2.26. The van der Waals surface area contributed by atoms with E-state index in [1.807, 2.05) is 42.5 Å². The highest BCUT2D eigenvalue weighted by molar-refractivity contribution is 9.10. The summed E-state index contributed by atoms with van der Waals surface area (Å²) in [5.74, 6) is 0.131. The first-order valence-corrected chi connectivity index (χ1v) is 9.90. The number of halogens is 2. The average Bonchev–Trinajstić information content (AvgIpc) is 2.69. The van der Waals surface area contributed by atoms with E-state index in [-0.39, 0.29) is 11.3 Å². The molecule has 3 aromatic carbocycles. The molecule has 0 saturated heterocycles. The number of hydrogen-bond acceptors (Lipinski definition) is 4. The first kappa shape index (κ1) is 20.1. The molecule has 0 spiro atoms. The molecule has 142 valence electrons. The van der Waals surface area contributed by atoms with E-state index in [4.69, 9.17) is 4.74 Å². The molecule has 0 aliphatic rings. The summed E-state index contributed by atoms with van der Waals surface area (Å²) in [5, 5.41) is 13.6. The molecule has 28 heavy (non-hydrogen) atoms. The fourth-order valence-corrected chi connectivity index (χ4v) is 3.12. The smallest absolute Gasteiger partial charge is 0.275 e. The number of amides is 1. The Kier molecular flexibility index (Phi) is 6.84. The Labute approximate surface area is 179 Å². The molecule has 1 amide bonds. The number of rotatable bonds is 6. The Hall–Kier alpha value is -2.64. The van der Waals surface area contributed by atoms with Gasteiger partial charge in [0.25, 0.3) is 5.91 Å². The van der Waals surface area contributed by atoms with Gasteiger partial charge in [-0.1, -0.05) is 40.2 Å². The van der Waals surface area contributed by atoms with Gasteiger partial charge in [0.2, 0.25) is 0 Å². The lowest BCUT2D eigenvalue weighted by Crippen LogP contribution is -2.17. The zero-order valence-electron chi connectivity index (χ0n) is 14.6. The van der Waals surface area contributed by atoms with Crippen LogP contribution in [0.5, 0.6) is 11.5 Å². The molecule has 0 aliphatic carbocycles. The number of para-hydroxylation sites is 1. The first-order valence-electron chi connectivity index (χ1n) is 8.31. The number of phenolic OH excluding ortho intramolecular Hbond substituents is 1. The second-order valence-corrected chi connectivity index (χ2v) is 7.59. The lowest BCUT2D eigenvalue weighted by atomic mass is 10.2. The number of nitrogens with one attached hydrogen (secondary N) is 1. The van der Waals surface area contributed by atoms with Gasteiger partial charge >= 0.3 is 0 Å². The minimum Gasteiger partial charge on any atom is -0.507 e. The third kappa shape index (κ3) is 5.43. The summed E-state index contributed by atoms with van der Waals surface area (Å²) in [5.41, 5.74) is 4.40. The SMILES string of the molecule is O=C(N/N=C\c1ccc(OCc2ccc(Br)cc2)c(Br)c1)c1ccccc1O. The number of hydrogen-bond donors (Lipinski definition) is 2. The standard InChI is InChI=1S/C21H16Br2N2O3/c22-16-8-5-14(6-9-16)13-28-20-10-7-15(11-18(20)23)12-24-25-21(27)17-3-1-2-4-19(17)26/h1-12,26H,13H2,(H,25,27)/b24-12-. The lowest BCUT2D eigenvalue weighted by molar-refractivity contribution is 0.0952. The largest absolute Gasteiger partial charge is 0.507 e. The maximum absolute atomic E-state index is 12.0. The summed E-state index contributed by atoms with van der Waals surface area (Å²) in [7, 11) is 0. The zero-order valence-corrected chi connectivity index (χ0v) is 17.8. The Morgan fingerprint density at radius 2 is 1.82 bits per heavy atom. The summed E-state index contributed by atoms with van der Waals surface area (Å²) in [6.45, 7) is 0.454. The van der Waals surface area contributed by atoms with Crippen molar-refractivity contribution in [1.29, 1.82) is 0 Å². The topological polar surface area (TPSA) is 70.9 Å². The van der Waals surface area contributed by atoms with Crippen molar-refractivity contribution in [2.24, 2.45) is 5.10 Å². The van der Waals surface area contributed by atoms with Crippen LogP contribution in [0.2, 0.25) is 0 Å². The van der Waals surface area contributed by atoms with E-state index >= 15 is 0 Å². The highest BCUT2D eigenvalue weighted by atomic mass is 79.9. The summed E-state index contributed by atoms with van der Waals surface area (Å²) in [6, 6.07) is 19.7. The minimum atomic E-state index is -0.483. The number of aromatic hydroxyl groups is 1. The molecule has 0 saturated carbocycles. The van der Waals surface area contributed by atoms with Gasteiger partial charge in [-0.05, 0) is 69.5 Å². The van der Waals surface area contributed by atoms with Crippen molar-refractivity contribution in [3.63, 3.8) is 0 Å². The summed E-state index contributed by atoms with van der Waals surface area (Å²) in [4.78, 5) is 12.0. The monoisotopic (exact) mass is 502 g/mol. The van der Waals surface area contributed by atoms with E-state index in [1.54, 1.807) is 12.1 Å². The third-order valence-electron chi connectivity index (χ3n) is 3.79. The number of hydrazone groups is 1. The number of carbonyl (C=O) groups excluding carboxylic acids is 1. The van der Waals surface area contributed by atoms with Gasteiger partial charge in [-0.3, -0.25) is 4.79 Å². The van der Waals surface area contributed by atoms with Gasteiger partial charge in [0, 0.05) is 4.47 Å². The molecule has 3 rings (SSSR count). The van der Waals surface area contributed by atoms with E-state index in [1.165, 1.54) is 18.3 Å². The number of carbonyl (C=O) groups is 1. The lowest BCUT2D eigenvalue weighted by Gasteiger charge is -2.09. The van der Waals surface area contributed by atoms with Crippen molar-refractivity contribution in [1.82, 2.24) is 5.43 Å². The molecule has 2 N–H and O–H groups in total. The molecule has 0 aromatic heterocycles. The van der Waals surface area contributed by atoms with Gasteiger partial charge < -0.3 is 9.84 Å². The average molecular weight is 504 g/mol. The second-order valence-electron chi connectivity index (χ2n) is 5.82. The van der Waals surface area contributed by atoms with Crippen LogP contribution in [0.15, 0.2) is 80.8 Å². The van der Waals surface area contributed by atoms with Crippen molar-refractivity contribution in [2.75, 3.05) is 0 Å². The Balaban J connectivity index is 1.59.